The number of sulfonamides is 1. The van der Waals surface area contributed by atoms with Crippen molar-refractivity contribution in [1.82, 2.24) is 15.0 Å². The van der Waals surface area contributed by atoms with E-state index in [4.69, 9.17) is 0 Å². The van der Waals surface area contributed by atoms with Gasteiger partial charge in [-0.15, -0.1) is 0 Å². The molecule has 0 spiro atoms. The van der Waals surface area contributed by atoms with E-state index in [1.165, 1.54) is 13.0 Å². The van der Waals surface area contributed by atoms with Gasteiger partial charge in [0.2, 0.25) is 15.9 Å². The predicted molar refractivity (Wildman–Crippen MR) is 91.9 cm³/mol. The van der Waals surface area contributed by atoms with Gasteiger partial charge in [0.15, 0.2) is 0 Å². The highest BCUT2D eigenvalue weighted by atomic mass is 32.2. The zero-order chi connectivity index (χ0) is 18.4. The lowest BCUT2D eigenvalue weighted by molar-refractivity contribution is -0.120. The molecule has 0 radical (unpaired) electrons. The third-order valence-corrected chi connectivity index (χ3v) is 5.08. The Balaban J connectivity index is 1.90. The second kappa shape index (κ2) is 8.17. The first-order chi connectivity index (χ1) is 11.8. The maximum Gasteiger partial charge on any atom is 0.241 e. The topological polar surface area (TPSA) is 88.2 Å². The van der Waals surface area contributed by atoms with E-state index in [-0.39, 0.29) is 16.5 Å². The second-order valence-electron chi connectivity index (χ2n) is 5.77. The predicted octanol–water partition coefficient (Wildman–Crippen LogP) is 1.55. The Bertz CT molecular complexity index is 841. The minimum Gasteiger partial charge on any atom is -0.352 e. The molecule has 1 unspecified atom stereocenters. The van der Waals surface area contributed by atoms with Crippen molar-refractivity contribution in [2.75, 3.05) is 6.54 Å². The molecule has 1 aromatic carbocycles. The number of aromatic nitrogens is 1. The quantitative estimate of drug-likeness (QED) is 0.779. The number of aryl methyl sites for hydroxylation is 1. The Morgan fingerprint density at radius 3 is 2.72 bits per heavy atom. The fourth-order valence-corrected chi connectivity index (χ4v) is 3.61. The maximum absolute atomic E-state index is 13.1. The van der Waals surface area contributed by atoms with Crippen molar-refractivity contribution in [1.29, 1.82) is 0 Å². The molecule has 6 nitrogen and oxygen atoms in total. The number of halogens is 1. The summed E-state index contributed by atoms with van der Waals surface area (Å²) in [5.41, 5.74) is 1.25. The smallest absolute Gasteiger partial charge is 0.241 e. The first kappa shape index (κ1) is 19.0. The Labute approximate surface area is 146 Å². The van der Waals surface area contributed by atoms with Gasteiger partial charge >= 0.3 is 0 Å². The molecule has 1 atom stereocenters. The number of nitrogens with zero attached hydrogens (tertiary/aromatic N) is 1. The third-order valence-electron chi connectivity index (χ3n) is 3.52. The second-order valence-corrected chi connectivity index (χ2v) is 7.50. The average Bonchev–Trinajstić information content (AvgIpc) is 2.53. The third kappa shape index (κ3) is 5.61. The lowest BCUT2D eigenvalue weighted by atomic mass is 10.1. The molecule has 0 saturated heterocycles. The van der Waals surface area contributed by atoms with Crippen LogP contribution in [0.5, 0.6) is 0 Å². The van der Waals surface area contributed by atoms with Gasteiger partial charge in [0.25, 0.3) is 0 Å². The van der Waals surface area contributed by atoms with Crippen LogP contribution in [0.3, 0.4) is 0 Å². The van der Waals surface area contributed by atoms with E-state index in [2.05, 4.69) is 15.0 Å². The lowest BCUT2D eigenvalue weighted by Gasteiger charge is -2.14. The average molecular weight is 365 g/mol. The first-order valence-corrected chi connectivity index (χ1v) is 9.20. The summed E-state index contributed by atoms with van der Waals surface area (Å²) in [5, 5.41) is 2.72. The van der Waals surface area contributed by atoms with Crippen molar-refractivity contribution in [3.8, 4) is 0 Å². The molecule has 0 saturated carbocycles. The highest BCUT2D eigenvalue weighted by Gasteiger charge is 2.18. The van der Waals surface area contributed by atoms with Gasteiger partial charge in [-0.2, -0.15) is 0 Å². The summed E-state index contributed by atoms with van der Waals surface area (Å²) in [7, 11) is -3.88. The van der Waals surface area contributed by atoms with Gasteiger partial charge in [0.05, 0.1) is 11.4 Å². The zero-order valence-corrected chi connectivity index (χ0v) is 14.8. The number of nitrogens with one attached hydrogen (secondary N) is 2. The summed E-state index contributed by atoms with van der Waals surface area (Å²) in [5.74, 6) is -0.960. The molecule has 2 N–H and O–H groups in total. The fourth-order valence-electron chi connectivity index (χ4n) is 2.40. The van der Waals surface area contributed by atoms with Crippen LogP contribution < -0.4 is 10.0 Å². The SMILES string of the molecule is Cc1cc(F)ccc1S(=O)(=O)NCC(=O)NC(C)Cc1cccnc1. The van der Waals surface area contributed by atoms with Crippen LogP contribution in [0.15, 0.2) is 47.6 Å². The summed E-state index contributed by atoms with van der Waals surface area (Å²) in [6, 6.07) is 6.91. The summed E-state index contributed by atoms with van der Waals surface area (Å²) >= 11 is 0. The van der Waals surface area contributed by atoms with Crippen molar-refractivity contribution in [2.45, 2.75) is 31.2 Å². The van der Waals surface area contributed by atoms with Gasteiger partial charge in [-0.05, 0) is 55.7 Å². The van der Waals surface area contributed by atoms with Crippen molar-refractivity contribution in [2.24, 2.45) is 0 Å². The van der Waals surface area contributed by atoms with Crippen LogP contribution in [0.2, 0.25) is 0 Å². The van der Waals surface area contributed by atoms with Crippen LogP contribution in [-0.2, 0) is 21.2 Å². The van der Waals surface area contributed by atoms with Gasteiger partial charge in [-0.25, -0.2) is 17.5 Å². The maximum atomic E-state index is 13.1. The molecule has 1 heterocycles. The minimum atomic E-state index is -3.88. The summed E-state index contributed by atoms with van der Waals surface area (Å²) in [6.07, 6.45) is 3.96. The van der Waals surface area contributed by atoms with Crippen LogP contribution in [0, 0.1) is 12.7 Å². The van der Waals surface area contributed by atoms with Crippen molar-refractivity contribution < 1.29 is 17.6 Å². The minimum absolute atomic E-state index is 0.0508. The number of rotatable bonds is 7. The first-order valence-electron chi connectivity index (χ1n) is 7.72. The molecule has 0 fully saturated rings. The monoisotopic (exact) mass is 365 g/mol. The molecule has 1 amide bonds. The van der Waals surface area contributed by atoms with E-state index in [0.717, 1.165) is 17.7 Å². The molecule has 1 aromatic heterocycles. The van der Waals surface area contributed by atoms with Gasteiger partial charge in [-0.1, -0.05) is 6.07 Å². The normalized spacial score (nSPS) is 12.6. The number of amides is 1. The van der Waals surface area contributed by atoms with Gasteiger partial charge < -0.3 is 5.32 Å². The molecule has 134 valence electrons. The molecule has 0 bridgehead atoms. The van der Waals surface area contributed by atoms with Gasteiger partial charge in [-0.3, -0.25) is 9.78 Å². The number of hydrogen-bond acceptors (Lipinski definition) is 4. The Hall–Kier alpha value is -2.32. The van der Waals surface area contributed by atoms with E-state index in [0.29, 0.717) is 6.42 Å². The van der Waals surface area contributed by atoms with E-state index in [9.17, 15) is 17.6 Å². The van der Waals surface area contributed by atoms with Crippen molar-refractivity contribution >= 4 is 15.9 Å². The number of carbonyl (C=O) groups excluding carboxylic acids is 1. The highest BCUT2D eigenvalue weighted by molar-refractivity contribution is 7.89. The van der Waals surface area contributed by atoms with Crippen LogP contribution in [0.4, 0.5) is 4.39 Å². The molecule has 2 aromatic rings. The number of hydrogen-bond donors (Lipinski definition) is 2. The highest BCUT2D eigenvalue weighted by Crippen LogP contribution is 2.15. The number of carbonyl (C=O) groups is 1. The lowest BCUT2D eigenvalue weighted by Crippen LogP contribution is -2.41. The molecule has 25 heavy (non-hydrogen) atoms. The zero-order valence-electron chi connectivity index (χ0n) is 14.0. The Morgan fingerprint density at radius 2 is 2.08 bits per heavy atom. The van der Waals surface area contributed by atoms with E-state index < -0.39 is 28.3 Å². The van der Waals surface area contributed by atoms with Crippen LogP contribution in [-0.4, -0.2) is 31.9 Å². The molecule has 2 rings (SSSR count). The molecule has 0 aliphatic heterocycles. The molecule has 8 heteroatoms. The summed E-state index contributed by atoms with van der Waals surface area (Å²) < 4.78 is 39.8. The molecular weight excluding hydrogens is 345 g/mol. The van der Waals surface area contributed by atoms with Crippen LogP contribution >= 0.6 is 0 Å². The summed E-state index contributed by atoms with van der Waals surface area (Å²) in [6.45, 7) is 2.92. The van der Waals surface area contributed by atoms with Crippen molar-refractivity contribution in [3.63, 3.8) is 0 Å². The molecule has 0 aliphatic rings. The molecular formula is C17H20FN3O3S. The van der Waals surface area contributed by atoms with Crippen LogP contribution in [0.25, 0.3) is 0 Å². The fraction of sp³-hybridized carbons (Fsp3) is 0.294. The standard InChI is InChI=1S/C17H20FN3O3S/c1-12-8-15(18)5-6-16(12)25(23,24)20-11-17(22)21-13(2)9-14-4-3-7-19-10-14/h3-8,10,13,20H,9,11H2,1-2H3,(H,21,22). The van der Waals surface area contributed by atoms with Crippen LogP contribution in [0.1, 0.15) is 18.1 Å². The van der Waals surface area contributed by atoms with E-state index >= 15 is 0 Å². The Kier molecular flexibility index (Phi) is 6.22. The Morgan fingerprint density at radius 1 is 1.32 bits per heavy atom. The summed E-state index contributed by atoms with van der Waals surface area (Å²) in [4.78, 5) is 15.9. The number of benzene rings is 1. The van der Waals surface area contributed by atoms with Gasteiger partial charge in [0.1, 0.15) is 5.82 Å². The number of pyridine rings is 1. The van der Waals surface area contributed by atoms with Gasteiger partial charge in [0, 0.05) is 18.4 Å². The largest absolute Gasteiger partial charge is 0.352 e. The molecule has 0 aliphatic carbocycles. The van der Waals surface area contributed by atoms with Crippen molar-refractivity contribution in [3.05, 3.63) is 59.7 Å². The van der Waals surface area contributed by atoms with E-state index in [1.54, 1.807) is 12.4 Å². The van der Waals surface area contributed by atoms with E-state index in [1.807, 2.05) is 19.1 Å².